The number of hydrogen-bond acceptors (Lipinski definition) is 5. The van der Waals surface area contributed by atoms with Crippen LogP contribution in [0.25, 0.3) is 0 Å². The van der Waals surface area contributed by atoms with Crippen LogP contribution in [-0.4, -0.2) is 60.9 Å². The van der Waals surface area contributed by atoms with Gasteiger partial charge in [-0.3, -0.25) is 10.2 Å². The minimum atomic E-state index is -0.777. The monoisotopic (exact) mass is 561 g/mol. The number of nitrogens with zero attached hydrogens (tertiary/aromatic N) is 2. The van der Waals surface area contributed by atoms with E-state index >= 15 is 0 Å². The fourth-order valence-electron chi connectivity index (χ4n) is 5.15. The number of methoxy groups -OCH3 is 2. The molecule has 9 nitrogen and oxygen atoms in total. The Hall–Kier alpha value is -4.24. The molecule has 0 aromatic heterocycles. The average molecular weight is 562 g/mol. The van der Waals surface area contributed by atoms with Crippen molar-refractivity contribution in [1.29, 1.82) is 5.41 Å². The van der Waals surface area contributed by atoms with Crippen LogP contribution in [0.4, 0.5) is 16.2 Å². The van der Waals surface area contributed by atoms with Crippen molar-refractivity contribution in [1.82, 2.24) is 9.80 Å². The number of carbonyl (C=O) groups is 2. The number of ether oxygens (including phenoxy) is 2. The average Bonchev–Trinajstić information content (AvgIpc) is 3.52. The predicted octanol–water partition coefficient (Wildman–Crippen LogP) is 5.38. The second kappa shape index (κ2) is 11.9. The van der Waals surface area contributed by atoms with Gasteiger partial charge >= 0.3 is 6.03 Å². The zero-order chi connectivity index (χ0) is 28.2. The van der Waals surface area contributed by atoms with Crippen LogP contribution in [-0.2, 0) is 17.8 Å². The summed E-state index contributed by atoms with van der Waals surface area (Å²) < 4.78 is 10.9. The van der Waals surface area contributed by atoms with Crippen molar-refractivity contribution in [2.24, 2.45) is 0 Å². The fourth-order valence-corrected chi connectivity index (χ4v) is 5.27. The molecule has 3 N–H and O–H groups in total. The number of nitrogens with one attached hydrogen (secondary N) is 3. The van der Waals surface area contributed by atoms with E-state index in [1.54, 1.807) is 50.6 Å². The van der Waals surface area contributed by atoms with Crippen LogP contribution < -0.4 is 20.1 Å². The summed E-state index contributed by atoms with van der Waals surface area (Å²) in [6.45, 7) is 2.00. The summed E-state index contributed by atoms with van der Waals surface area (Å²) in [5.41, 5.74) is 3.75. The third-order valence-electron chi connectivity index (χ3n) is 7.34. The van der Waals surface area contributed by atoms with E-state index in [0.29, 0.717) is 40.2 Å². The van der Waals surface area contributed by atoms with Crippen molar-refractivity contribution in [2.45, 2.75) is 31.8 Å². The highest BCUT2D eigenvalue weighted by Gasteiger charge is 2.36. The Labute approximate surface area is 238 Å². The number of amides is 3. The van der Waals surface area contributed by atoms with Gasteiger partial charge in [-0.1, -0.05) is 11.6 Å². The lowest BCUT2D eigenvalue weighted by Gasteiger charge is -2.36. The molecule has 2 aliphatic heterocycles. The van der Waals surface area contributed by atoms with Crippen LogP contribution in [0.5, 0.6) is 11.5 Å². The van der Waals surface area contributed by atoms with Crippen molar-refractivity contribution >= 4 is 40.7 Å². The van der Waals surface area contributed by atoms with Crippen molar-refractivity contribution in [3.63, 3.8) is 0 Å². The largest absolute Gasteiger partial charge is 0.493 e. The van der Waals surface area contributed by atoms with Crippen molar-refractivity contribution in [3.05, 3.63) is 82.4 Å². The van der Waals surface area contributed by atoms with Gasteiger partial charge < -0.3 is 29.9 Å². The van der Waals surface area contributed by atoms with Gasteiger partial charge in [-0.05, 0) is 84.6 Å². The topological polar surface area (TPSA) is 107 Å². The molecule has 0 bridgehead atoms. The summed E-state index contributed by atoms with van der Waals surface area (Å²) in [6.07, 6.45) is 2.50. The molecular weight excluding hydrogens is 530 g/mol. The lowest BCUT2D eigenvalue weighted by molar-refractivity contribution is -0.120. The summed E-state index contributed by atoms with van der Waals surface area (Å²) >= 11 is 6.00. The Morgan fingerprint density at radius 1 is 0.875 bits per heavy atom. The van der Waals surface area contributed by atoms with Crippen molar-refractivity contribution in [3.8, 4) is 11.5 Å². The standard InChI is InChI=1S/C30H32ClN5O4/c1-39-26-16-20-15-25(29(37)33-23-9-5-19(6-10-23)28(32)35-13-3-4-14-35)36(18-21(20)17-27(26)40-2)30(38)34-24-11-7-22(31)8-12-24/h5-12,16-17,25,32H,3-4,13-15,18H2,1-2H3,(H,33,37)(H,34,38)/t25-/m0/s1. The first-order valence-corrected chi connectivity index (χ1v) is 13.6. The smallest absolute Gasteiger partial charge is 0.322 e. The zero-order valence-electron chi connectivity index (χ0n) is 22.5. The normalized spacial score (nSPS) is 16.2. The maximum absolute atomic E-state index is 13.6. The molecule has 3 aromatic rings. The summed E-state index contributed by atoms with van der Waals surface area (Å²) in [7, 11) is 3.13. The summed E-state index contributed by atoms with van der Waals surface area (Å²) in [5, 5.41) is 14.9. The van der Waals surface area contributed by atoms with Crippen LogP contribution in [0.3, 0.4) is 0 Å². The van der Waals surface area contributed by atoms with Crippen LogP contribution in [0.2, 0.25) is 5.02 Å². The number of fused-ring (bicyclic) bond motifs is 1. The Morgan fingerprint density at radius 2 is 1.45 bits per heavy atom. The number of benzene rings is 3. The highest BCUT2D eigenvalue weighted by molar-refractivity contribution is 6.30. The first-order valence-electron chi connectivity index (χ1n) is 13.2. The molecule has 5 rings (SSSR count). The number of urea groups is 1. The number of rotatable bonds is 6. The minimum Gasteiger partial charge on any atom is -0.493 e. The number of likely N-dealkylation sites (tertiary alicyclic amines) is 1. The van der Waals surface area contributed by atoms with Gasteiger partial charge in [0.15, 0.2) is 11.5 Å². The van der Waals surface area contributed by atoms with Gasteiger partial charge in [0.1, 0.15) is 11.9 Å². The lowest BCUT2D eigenvalue weighted by Crippen LogP contribution is -2.52. The molecule has 0 aliphatic carbocycles. The second-order valence-electron chi connectivity index (χ2n) is 9.87. The van der Waals surface area contributed by atoms with Gasteiger partial charge in [0.05, 0.1) is 14.2 Å². The maximum atomic E-state index is 13.6. The molecule has 3 amide bonds. The molecule has 0 radical (unpaired) electrons. The lowest BCUT2D eigenvalue weighted by atomic mass is 9.93. The molecule has 2 heterocycles. The Morgan fingerprint density at radius 3 is 2.08 bits per heavy atom. The fraction of sp³-hybridized carbons (Fsp3) is 0.300. The third-order valence-corrected chi connectivity index (χ3v) is 7.60. The number of anilines is 2. The molecule has 2 aliphatic rings. The summed E-state index contributed by atoms with van der Waals surface area (Å²) in [5.74, 6) is 1.31. The molecule has 208 valence electrons. The Kier molecular flexibility index (Phi) is 8.11. The predicted molar refractivity (Wildman–Crippen MR) is 156 cm³/mol. The molecule has 10 heteroatoms. The van der Waals surface area contributed by atoms with Gasteiger partial charge in [-0.25, -0.2) is 4.79 Å². The number of amidine groups is 1. The van der Waals surface area contributed by atoms with Gasteiger partial charge in [0.25, 0.3) is 0 Å². The summed E-state index contributed by atoms with van der Waals surface area (Å²) in [6, 6.07) is 16.6. The minimum absolute atomic E-state index is 0.207. The van der Waals surface area contributed by atoms with Gasteiger partial charge in [-0.2, -0.15) is 0 Å². The highest BCUT2D eigenvalue weighted by atomic mass is 35.5. The Bertz CT molecular complexity index is 1400. The van der Waals surface area contributed by atoms with Crippen molar-refractivity contribution in [2.75, 3.05) is 37.9 Å². The van der Waals surface area contributed by atoms with Gasteiger partial charge in [0, 0.05) is 48.0 Å². The molecule has 1 atom stereocenters. The van der Waals surface area contributed by atoms with Crippen LogP contribution in [0.1, 0.15) is 29.5 Å². The number of carbonyl (C=O) groups excluding carboxylic acids is 2. The molecule has 0 unspecified atom stereocenters. The van der Waals surface area contributed by atoms with E-state index in [1.165, 1.54) is 4.90 Å². The number of hydrogen-bond donors (Lipinski definition) is 3. The van der Waals surface area contributed by atoms with Gasteiger partial charge in [-0.15, -0.1) is 0 Å². The van der Waals surface area contributed by atoms with Crippen molar-refractivity contribution < 1.29 is 19.1 Å². The molecule has 1 saturated heterocycles. The first-order chi connectivity index (χ1) is 19.4. The third kappa shape index (κ3) is 5.84. The maximum Gasteiger partial charge on any atom is 0.322 e. The molecule has 3 aromatic carbocycles. The molecule has 40 heavy (non-hydrogen) atoms. The van der Waals surface area contributed by atoms with E-state index in [1.807, 2.05) is 24.3 Å². The highest BCUT2D eigenvalue weighted by Crippen LogP contribution is 2.35. The molecule has 1 fully saturated rings. The van der Waals surface area contributed by atoms with E-state index in [4.69, 9.17) is 26.5 Å². The molecular formula is C30H32ClN5O4. The van der Waals surface area contributed by atoms with E-state index in [9.17, 15) is 9.59 Å². The quantitative estimate of drug-likeness (QED) is 0.277. The Balaban J connectivity index is 1.38. The van der Waals surface area contributed by atoms with E-state index < -0.39 is 12.1 Å². The van der Waals surface area contributed by atoms with Gasteiger partial charge in [0.2, 0.25) is 5.91 Å². The van der Waals surface area contributed by atoms with Crippen LogP contribution >= 0.6 is 11.6 Å². The van der Waals surface area contributed by atoms with Crippen LogP contribution in [0, 0.1) is 5.41 Å². The van der Waals surface area contributed by atoms with Crippen LogP contribution in [0.15, 0.2) is 60.7 Å². The van der Waals surface area contributed by atoms with E-state index in [0.717, 1.165) is 42.6 Å². The molecule has 0 spiro atoms. The second-order valence-corrected chi connectivity index (χ2v) is 10.3. The summed E-state index contributed by atoms with van der Waals surface area (Å²) in [4.78, 5) is 30.7. The zero-order valence-corrected chi connectivity index (χ0v) is 23.3. The SMILES string of the molecule is COc1cc2c(cc1OC)CN(C(=O)Nc1ccc(Cl)cc1)[C@H](C(=O)Nc1ccc(C(=N)N3CCCC3)cc1)C2. The molecule has 0 saturated carbocycles. The van der Waals surface area contributed by atoms with E-state index in [2.05, 4.69) is 15.5 Å². The van der Waals surface area contributed by atoms with E-state index in [-0.39, 0.29) is 12.5 Å². The number of halogens is 1. The first kappa shape index (κ1) is 27.3.